The second-order valence-electron chi connectivity index (χ2n) is 3.72. The van der Waals surface area contributed by atoms with Gasteiger partial charge < -0.3 is 30.3 Å². The molecule has 0 saturated heterocycles. The molecule has 0 aliphatic heterocycles. The Hall–Kier alpha value is -1.02. The summed E-state index contributed by atoms with van der Waals surface area (Å²) in [6, 6.07) is 0. The minimum atomic E-state index is -1.64. The summed E-state index contributed by atoms with van der Waals surface area (Å²) in [4.78, 5) is 19.6. The highest BCUT2D eigenvalue weighted by Gasteiger charge is 2.22. The fourth-order valence-corrected chi connectivity index (χ4v) is 0.942. The maximum atomic E-state index is 9.87. The third-order valence-corrected chi connectivity index (χ3v) is 2.06. The zero-order valence-corrected chi connectivity index (χ0v) is 10.4. The van der Waals surface area contributed by atoms with Crippen molar-refractivity contribution in [2.24, 2.45) is 0 Å². The lowest BCUT2D eigenvalue weighted by Crippen LogP contribution is -2.40. The molecule has 0 unspecified atom stereocenters. The van der Waals surface area contributed by atoms with Crippen molar-refractivity contribution in [2.75, 3.05) is 6.61 Å². The van der Waals surface area contributed by atoms with Gasteiger partial charge in [-0.3, -0.25) is 4.79 Å². The lowest BCUT2D eigenvalue weighted by molar-refractivity contribution is -0.137. The van der Waals surface area contributed by atoms with Gasteiger partial charge in [0.1, 0.15) is 18.3 Å². The number of carboxylic acid groups (broad SMARTS) is 1. The van der Waals surface area contributed by atoms with Gasteiger partial charge in [0.2, 0.25) is 0 Å². The summed E-state index contributed by atoms with van der Waals surface area (Å²) in [6.45, 7) is 1.37. The Bertz CT molecular complexity index is 219. The van der Waals surface area contributed by atoms with E-state index in [4.69, 9.17) is 25.5 Å². The van der Waals surface area contributed by atoms with E-state index in [1.54, 1.807) is 0 Å². The number of carboxylic acids is 1. The summed E-state index contributed by atoms with van der Waals surface area (Å²) in [7, 11) is 0. The predicted molar refractivity (Wildman–Crippen MR) is 62.9 cm³/mol. The molecule has 0 heterocycles. The quantitative estimate of drug-likeness (QED) is 0.278. The van der Waals surface area contributed by atoms with E-state index in [0.29, 0.717) is 6.42 Å². The third-order valence-electron chi connectivity index (χ3n) is 2.06. The molecule has 0 aliphatic carbocycles. The van der Waals surface area contributed by atoms with Crippen molar-refractivity contribution >= 4 is 12.3 Å². The van der Waals surface area contributed by atoms with Crippen LogP contribution in [0.5, 0.6) is 0 Å². The lowest BCUT2D eigenvalue weighted by atomic mass is 10.1. The average molecular weight is 266 g/mol. The first-order chi connectivity index (χ1) is 8.40. The summed E-state index contributed by atoms with van der Waals surface area (Å²) in [5.74, 6) is -0.682. The maximum absolute atomic E-state index is 9.87. The van der Waals surface area contributed by atoms with E-state index >= 15 is 0 Å². The molecule has 3 atom stereocenters. The van der Waals surface area contributed by atoms with Gasteiger partial charge in [-0.05, 0) is 6.42 Å². The monoisotopic (exact) mass is 266 g/mol. The Morgan fingerprint density at radius 1 is 1.22 bits per heavy atom. The van der Waals surface area contributed by atoms with Gasteiger partial charge in [0.05, 0.1) is 6.61 Å². The van der Waals surface area contributed by atoms with Gasteiger partial charge in [-0.25, -0.2) is 0 Å². The second kappa shape index (κ2) is 12.4. The number of aliphatic carboxylic acids is 1. The molecular weight excluding hydrogens is 244 g/mol. The van der Waals surface area contributed by atoms with Crippen LogP contribution in [0.2, 0.25) is 0 Å². The van der Waals surface area contributed by atoms with E-state index in [1.807, 2.05) is 0 Å². The fourth-order valence-electron chi connectivity index (χ4n) is 0.942. The van der Waals surface area contributed by atoms with Crippen LogP contribution in [0.15, 0.2) is 0 Å². The normalized spacial score (nSPS) is 14.9. The number of aliphatic hydroxyl groups is 4. The van der Waals surface area contributed by atoms with Crippen molar-refractivity contribution in [3.8, 4) is 0 Å². The number of unbranched alkanes of at least 4 members (excludes halogenated alkanes) is 2. The first kappa shape index (κ1) is 19.3. The largest absolute Gasteiger partial charge is 0.481 e. The molecule has 108 valence electrons. The Kier molecular flexibility index (Phi) is 13.4. The predicted octanol–water partition coefficient (Wildman–Crippen LogP) is -1.09. The van der Waals surface area contributed by atoms with Gasteiger partial charge in [-0.15, -0.1) is 0 Å². The van der Waals surface area contributed by atoms with Gasteiger partial charge in [-0.1, -0.05) is 19.8 Å². The molecule has 0 aliphatic rings. The van der Waals surface area contributed by atoms with Crippen molar-refractivity contribution in [3.05, 3.63) is 0 Å². The molecule has 0 fully saturated rings. The van der Waals surface area contributed by atoms with Gasteiger partial charge >= 0.3 is 5.97 Å². The van der Waals surface area contributed by atoms with Crippen LogP contribution >= 0.6 is 0 Å². The molecule has 0 aromatic rings. The summed E-state index contributed by atoms with van der Waals surface area (Å²) in [5.41, 5.74) is 0. The molecule has 7 nitrogen and oxygen atoms in total. The molecule has 0 saturated carbocycles. The molecule has 0 aromatic carbocycles. The van der Waals surface area contributed by atoms with Crippen LogP contribution in [-0.4, -0.2) is 62.7 Å². The molecule has 5 N–H and O–H groups in total. The smallest absolute Gasteiger partial charge is 0.303 e. The van der Waals surface area contributed by atoms with Crippen molar-refractivity contribution in [1.29, 1.82) is 0 Å². The average Bonchev–Trinajstić information content (AvgIpc) is 2.36. The number of carbonyl (C=O) groups excluding carboxylic acids is 1. The Labute approximate surface area is 106 Å². The van der Waals surface area contributed by atoms with Crippen LogP contribution in [0.3, 0.4) is 0 Å². The molecule has 7 heteroatoms. The Morgan fingerprint density at radius 3 is 2.11 bits per heavy atom. The van der Waals surface area contributed by atoms with Crippen LogP contribution in [0.1, 0.15) is 32.6 Å². The van der Waals surface area contributed by atoms with E-state index in [0.717, 1.165) is 19.3 Å². The molecule has 0 aromatic heterocycles. The molecule has 18 heavy (non-hydrogen) atoms. The maximum Gasteiger partial charge on any atom is 0.303 e. The third kappa shape index (κ3) is 11.5. The Morgan fingerprint density at radius 2 is 1.78 bits per heavy atom. The first-order valence-electron chi connectivity index (χ1n) is 5.72. The molecular formula is C11H22O7. The summed E-state index contributed by atoms with van der Waals surface area (Å²) in [5, 5.41) is 42.2. The summed E-state index contributed by atoms with van der Waals surface area (Å²) >= 11 is 0. The van der Waals surface area contributed by atoms with Crippen molar-refractivity contribution in [3.63, 3.8) is 0 Å². The van der Waals surface area contributed by atoms with E-state index < -0.39 is 30.9 Å². The van der Waals surface area contributed by atoms with E-state index in [1.165, 1.54) is 0 Å². The molecule has 0 spiro atoms. The highest BCUT2D eigenvalue weighted by molar-refractivity contribution is 5.66. The SMILES string of the molecule is CCCCCC(=O)O.O=C[C@H](O)[C@H](O)[C@H](O)CO. The molecule has 0 bridgehead atoms. The zero-order chi connectivity index (χ0) is 14.6. The van der Waals surface area contributed by atoms with Gasteiger partial charge in [0.25, 0.3) is 0 Å². The highest BCUT2D eigenvalue weighted by atomic mass is 16.4. The second-order valence-corrected chi connectivity index (χ2v) is 3.72. The van der Waals surface area contributed by atoms with Crippen LogP contribution in [0, 0.1) is 0 Å². The van der Waals surface area contributed by atoms with Gasteiger partial charge in [0.15, 0.2) is 6.29 Å². The van der Waals surface area contributed by atoms with E-state index in [2.05, 4.69) is 6.92 Å². The highest BCUT2D eigenvalue weighted by Crippen LogP contribution is 1.97. The Balaban J connectivity index is 0. The first-order valence-corrected chi connectivity index (χ1v) is 5.72. The van der Waals surface area contributed by atoms with E-state index in [9.17, 15) is 9.59 Å². The van der Waals surface area contributed by atoms with Gasteiger partial charge in [0, 0.05) is 6.42 Å². The standard InChI is InChI=1S/C6H12O2.C5H10O5/c1-2-3-4-5-6(7)8;6-1-3(8)5(10)4(9)2-7/h2-5H2,1H3,(H,7,8);1,3-5,7-10H,2H2/t;3-,4+,5-/m.0/s1. The van der Waals surface area contributed by atoms with E-state index in [-0.39, 0.29) is 6.29 Å². The van der Waals surface area contributed by atoms with Crippen LogP contribution in [-0.2, 0) is 9.59 Å². The topological polar surface area (TPSA) is 135 Å². The number of hydrogen-bond donors (Lipinski definition) is 5. The van der Waals surface area contributed by atoms with Crippen molar-refractivity contribution in [1.82, 2.24) is 0 Å². The summed E-state index contributed by atoms with van der Waals surface area (Å²) in [6.07, 6.45) is -1.35. The zero-order valence-electron chi connectivity index (χ0n) is 10.4. The number of hydrogen-bond acceptors (Lipinski definition) is 6. The van der Waals surface area contributed by atoms with Crippen molar-refractivity contribution < 1.29 is 35.1 Å². The molecule has 0 amide bonds. The minimum Gasteiger partial charge on any atom is -0.481 e. The van der Waals surface area contributed by atoms with Crippen molar-refractivity contribution in [2.45, 2.75) is 50.9 Å². The van der Waals surface area contributed by atoms with Crippen LogP contribution in [0.4, 0.5) is 0 Å². The van der Waals surface area contributed by atoms with Gasteiger partial charge in [-0.2, -0.15) is 0 Å². The number of aliphatic hydroxyl groups excluding tert-OH is 4. The fraction of sp³-hybridized carbons (Fsp3) is 0.818. The van der Waals surface area contributed by atoms with Crippen LogP contribution in [0.25, 0.3) is 0 Å². The lowest BCUT2D eigenvalue weighted by Gasteiger charge is -2.16. The number of aldehydes is 1. The number of carbonyl (C=O) groups is 2. The van der Waals surface area contributed by atoms with Crippen LogP contribution < -0.4 is 0 Å². The molecule has 0 radical (unpaired) electrons. The summed E-state index contributed by atoms with van der Waals surface area (Å²) < 4.78 is 0. The minimum absolute atomic E-state index is 0.0869. The number of rotatable bonds is 8. The molecule has 0 rings (SSSR count).